The van der Waals surface area contributed by atoms with Gasteiger partial charge < -0.3 is 9.47 Å². The van der Waals surface area contributed by atoms with Crippen molar-refractivity contribution in [2.24, 2.45) is 0 Å². The molecule has 1 aliphatic heterocycles. The summed E-state index contributed by atoms with van der Waals surface area (Å²) >= 11 is 0. The van der Waals surface area contributed by atoms with Crippen molar-refractivity contribution in [2.75, 3.05) is 13.2 Å². The molecule has 2 nitrogen and oxygen atoms in total. The molecule has 64 valence electrons. The Morgan fingerprint density at radius 2 is 2.55 bits per heavy atom. The van der Waals surface area contributed by atoms with Crippen LogP contribution in [0, 0.1) is 0 Å². The quantitative estimate of drug-likeness (QED) is 0.431. The van der Waals surface area contributed by atoms with Gasteiger partial charge in [0.15, 0.2) is 0 Å². The molecule has 0 aromatic heterocycles. The highest BCUT2D eigenvalue weighted by atomic mass is 16.6. The first-order valence-electron chi connectivity index (χ1n) is 4.17. The van der Waals surface area contributed by atoms with E-state index in [9.17, 15) is 0 Å². The molecule has 0 N–H and O–H groups in total. The van der Waals surface area contributed by atoms with Gasteiger partial charge in [-0.25, -0.2) is 0 Å². The second-order valence-corrected chi connectivity index (χ2v) is 2.97. The van der Waals surface area contributed by atoms with Crippen LogP contribution in [-0.2, 0) is 9.47 Å². The Balaban J connectivity index is 1.90. The lowest BCUT2D eigenvalue weighted by molar-refractivity contribution is 0.0499. The average molecular weight is 156 g/mol. The number of epoxide rings is 1. The standard InChI is InChI=1S/C9H16O2/c1-3-4-5-8(2)10-6-9-7-11-9/h3,8-9H,1,4-7H2,2H3. The van der Waals surface area contributed by atoms with E-state index >= 15 is 0 Å². The van der Waals surface area contributed by atoms with Gasteiger partial charge in [-0.15, -0.1) is 6.58 Å². The molecule has 1 saturated heterocycles. The van der Waals surface area contributed by atoms with Gasteiger partial charge in [0.25, 0.3) is 0 Å². The zero-order chi connectivity index (χ0) is 8.10. The first kappa shape index (κ1) is 8.75. The SMILES string of the molecule is C=CCCC(C)OCC1CO1. The van der Waals surface area contributed by atoms with Gasteiger partial charge in [0.1, 0.15) is 6.10 Å². The molecular formula is C9H16O2. The summed E-state index contributed by atoms with van der Waals surface area (Å²) in [5.41, 5.74) is 0. The molecule has 0 aromatic rings. The molecule has 2 unspecified atom stereocenters. The van der Waals surface area contributed by atoms with E-state index < -0.39 is 0 Å². The van der Waals surface area contributed by atoms with E-state index in [0.29, 0.717) is 12.2 Å². The third-order valence-electron chi connectivity index (χ3n) is 1.75. The third kappa shape index (κ3) is 4.17. The number of ether oxygens (including phenoxy) is 2. The van der Waals surface area contributed by atoms with Crippen molar-refractivity contribution >= 4 is 0 Å². The smallest absolute Gasteiger partial charge is 0.104 e. The summed E-state index contributed by atoms with van der Waals surface area (Å²) in [6.45, 7) is 7.39. The molecule has 0 aromatic carbocycles. The van der Waals surface area contributed by atoms with E-state index in [1.54, 1.807) is 0 Å². The van der Waals surface area contributed by atoms with Gasteiger partial charge in [-0.05, 0) is 19.8 Å². The van der Waals surface area contributed by atoms with Gasteiger partial charge in [0.2, 0.25) is 0 Å². The molecule has 0 aliphatic carbocycles. The summed E-state index contributed by atoms with van der Waals surface area (Å²) < 4.78 is 10.5. The van der Waals surface area contributed by atoms with E-state index in [1.165, 1.54) is 0 Å². The Morgan fingerprint density at radius 3 is 3.09 bits per heavy atom. The lowest BCUT2D eigenvalue weighted by atomic mass is 10.2. The van der Waals surface area contributed by atoms with Crippen LogP contribution in [0.4, 0.5) is 0 Å². The second kappa shape index (κ2) is 4.52. The highest BCUT2D eigenvalue weighted by Gasteiger charge is 2.22. The summed E-state index contributed by atoms with van der Waals surface area (Å²) in [7, 11) is 0. The highest BCUT2D eigenvalue weighted by molar-refractivity contribution is 4.70. The van der Waals surface area contributed by atoms with Crippen LogP contribution in [0.2, 0.25) is 0 Å². The summed E-state index contributed by atoms with van der Waals surface area (Å²) in [6, 6.07) is 0. The second-order valence-electron chi connectivity index (χ2n) is 2.97. The zero-order valence-corrected chi connectivity index (χ0v) is 7.08. The molecule has 0 spiro atoms. The van der Waals surface area contributed by atoms with Crippen LogP contribution in [0.5, 0.6) is 0 Å². The summed E-state index contributed by atoms with van der Waals surface area (Å²) in [6.07, 6.45) is 4.76. The predicted octanol–water partition coefficient (Wildman–Crippen LogP) is 1.76. The van der Waals surface area contributed by atoms with Crippen LogP contribution in [0.1, 0.15) is 19.8 Å². The van der Waals surface area contributed by atoms with E-state index in [-0.39, 0.29) is 0 Å². The van der Waals surface area contributed by atoms with Crippen molar-refractivity contribution in [1.82, 2.24) is 0 Å². The fourth-order valence-electron chi connectivity index (χ4n) is 0.872. The fourth-order valence-corrected chi connectivity index (χ4v) is 0.872. The summed E-state index contributed by atoms with van der Waals surface area (Å²) in [5, 5.41) is 0. The minimum absolute atomic E-state index is 0.345. The first-order chi connectivity index (χ1) is 5.33. The largest absolute Gasteiger partial charge is 0.376 e. The topological polar surface area (TPSA) is 21.8 Å². The van der Waals surface area contributed by atoms with Crippen LogP contribution < -0.4 is 0 Å². The zero-order valence-electron chi connectivity index (χ0n) is 7.08. The van der Waals surface area contributed by atoms with Gasteiger partial charge in [0.05, 0.1) is 19.3 Å². The van der Waals surface area contributed by atoms with Crippen LogP contribution in [0.15, 0.2) is 12.7 Å². The van der Waals surface area contributed by atoms with Crippen molar-refractivity contribution in [3.8, 4) is 0 Å². The van der Waals surface area contributed by atoms with Crippen molar-refractivity contribution in [3.05, 3.63) is 12.7 Å². The van der Waals surface area contributed by atoms with Crippen molar-refractivity contribution in [3.63, 3.8) is 0 Å². The van der Waals surface area contributed by atoms with Crippen LogP contribution in [0.3, 0.4) is 0 Å². The Kier molecular flexibility index (Phi) is 3.60. The number of allylic oxidation sites excluding steroid dienone is 1. The van der Waals surface area contributed by atoms with Crippen LogP contribution in [0.25, 0.3) is 0 Å². The Labute approximate surface area is 68.2 Å². The summed E-state index contributed by atoms with van der Waals surface area (Å²) in [5.74, 6) is 0. The number of rotatable bonds is 6. The molecule has 2 heteroatoms. The van der Waals surface area contributed by atoms with Crippen LogP contribution in [-0.4, -0.2) is 25.4 Å². The van der Waals surface area contributed by atoms with Gasteiger partial charge in [0, 0.05) is 0 Å². The Morgan fingerprint density at radius 1 is 1.82 bits per heavy atom. The van der Waals surface area contributed by atoms with Crippen molar-refractivity contribution in [2.45, 2.75) is 32.0 Å². The minimum atomic E-state index is 0.345. The molecule has 1 rings (SSSR count). The first-order valence-corrected chi connectivity index (χ1v) is 4.17. The molecule has 0 radical (unpaired) electrons. The van der Waals surface area contributed by atoms with Gasteiger partial charge in [-0.3, -0.25) is 0 Å². The Hall–Kier alpha value is -0.340. The van der Waals surface area contributed by atoms with Gasteiger partial charge >= 0.3 is 0 Å². The maximum Gasteiger partial charge on any atom is 0.104 e. The number of hydrogen-bond donors (Lipinski definition) is 0. The molecule has 0 bridgehead atoms. The molecule has 1 heterocycles. The van der Waals surface area contributed by atoms with Gasteiger partial charge in [-0.2, -0.15) is 0 Å². The monoisotopic (exact) mass is 156 g/mol. The fraction of sp³-hybridized carbons (Fsp3) is 0.778. The van der Waals surface area contributed by atoms with Crippen molar-refractivity contribution < 1.29 is 9.47 Å². The summed E-state index contributed by atoms with van der Waals surface area (Å²) in [4.78, 5) is 0. The minimum Gasteiger partial charge on any atom is -0.376 e. The molecule has 0 amide bonds. The normalized spacial score (nSPS) is 24.6. The third-order valence-corrected chi connectivity index (χ3v) is 1.75. The Bertz CT molecular complexity index is 119. The van der Waals surface area contributed by atoms with Crippen LogP contribution >= 0.6 is 0 Å². The molecule has 11 heavy (non-hydrogen) atoms. The van der Waals surface area contributed by atoms with E-state index in [4.69, 9.17) is 9.47 Å². The van der Waals surface area contributed by atoms with Crippen molar-refractivity contribution in [1.29, 1.82) is 0 Å². The van der Waals surface area contributed by atoms with E-state index in [2.05, 4.69) is 13.5 Å². The average Bonchev–Trinajstić information content (AvgIpc) is 2.80. The van der Waals surface area contributed by atoms with E-state index in [0.717, 1.165) is 26.1 Å². The molecule has 0 saturated carbocycles. The van der Waals surface area contributed by atoms with Gasteiger partial charge in [-0.1, -0.05) is 6.08 Å². The molecule has 2 atom stereocenters. The molecule has 1 fully saturated rings. The maximum atomic E-state index is 5.50. The van der Waals surface area contributed by atoms with E-state index in [1.807, 2.05) is 6.08 Å². The maximum absolute atomic E-state index is 5.50. The molecular weight excluding hydrogens is 140 g/mol. The lowest BCUT2D eigenvalue weighted by Gasteiger charge is -2.09. The molecule has 1 aliphatic rings. The lowest BCUT2D eigenvalue weighted by Crippen LogP contribution is -2.11. The predicted molar refractivity (Wildman–Crippen MR) is 44.6 cm³/mol. The highest BCUT2D eigenvalue weighted by Crippen LogP contribution is 2.11. The number of hydrogen-bond acceptors (Lipinski definition) is 2.